The van der Waals surface area contributed by atoms with Gasteiger partial charge in [-0.05, 0) is 17.7 Å². The molecule has 3 heteroatoms. The minimum Gasteiger partial charge on any atom is -0.384 e. The first-order valence-corrected chi connectivity index (χ1v) is 5.98. The fraction of sp³-hybridized carbons (Fsp3) is 0.455. The van der Waals surface area contributed by atoms with E-state index < -0.39 is 0 Å². The zero-order chi connectivity index (χ0) is 10.4. The van der Waals surface area contributed by atoms with Crippen molar-refractivity contribution in [2.45, 2.75) is 22.9 Å². The molecule has 0 radical (unpaired) electrons. The lowest BCUT2D eigenvalue weighted by atomic mass is 10.2. The molecular weight excluding hydrogens is 216 g/mol. The summed E-state index contributed by atoms with van der Waals surface area (Å²) >= 11 is 7.53. The molecule has 1 nitrogen and oxygen atoms in total. The number of thioether (sulfide) groups is 1. The number of hydrogen-bond acceptors (Lipinski definition) is 2. The van der Waals surface area contributed by atoms with Gasteiger partial charge in [-0.1, -0.05) is 19.1 Å². The van der Waals surface area contributed by atoms with Crippen LogP contribution in [0.4, 0.5) is 0 Å². The van der Waals surface area contributed by atoms with Crippen molar-refractivity contribution in [2.24, 2.45) is 0 Å². The normalized spacial score (nSPS) is 12.8. The number of halogens is 1. The van der Waals surface area contributed by atoms with Gasteiger partial charge in [-0.25, -0.2) is 0 Å². The van der Waals surface area contributed by atoms with E-state index in [1.165, 1.54) is 4.90 Å². The van der Waals surface area contributed by atoms with E-state index in [1.54, 1.807) is 7.11 Å². The number of rotatable bonds is 5. The second kappa shape index (κ2) is 6.33. The largest absolute Gasteiger partial charge is 0.384 e. The van der Waals surface area contributed by atoms with Gasteiger partial charge in [-0.3, -0.25) is 0 Å². The van der Waals surface area contributed by atoms with Gasteiger partial charge in [0, 0.05) is 23.1 Å². The predicted molar refractivity (Wildman–Crippen MR) is 63.2 cm³/mol. The Hall–Kier alpha value is -0.180. The van der Waals surface area contributed by atoms with E-state index in [2.05, 4.69) is 31.2 Å². The van der Waals surface area contributed by atoms with Crippen molar-refractivity contribution in [2.75, 3.05) is 13.7 Å². The Morgan fingerprint density at radius 1 is 1.36 bits per heavy atom. The maximum Gasteiger partial charge on any atom is 0.0582 e. The van der Waals surface area contributed by atoms with E-state index in [0.29, 0.717) is 11.1 Å². The number of hydrogen-bond donors (Lipinski definition) is 0. The Labute approximate surface area is 94.8 Å². The summed E-state index contributed by atoms with van der Waals surface area (Å²) < 4.78 is 5.08. The van der Waals surface area contributed by atoms with Gasteiger partial charge in [0.15, 0.2) is 0 Å². The quantitative estimate of drug-likeness (QED) is 0.565. The van der Waals surface area contributed by atoms with Crippen LogP contribution in [0.5, 0.6) is 0 Å². The molecule has 0 saturated heterocycles. The van der Waals surface area contributed by atoms with Crippen molar-refractivity contribution in [1.29, 1.82) is 0 Å². The Balaban J connectivity index is 2.50. The monoisotopic (exact) mass is 230 g/mol. The second-order valence-electron chi connectivity index (χ2n) is 3.16. The molecule has 0 heterocycles. The molecule has 0 aliphatic carbocycles. The summed E-state index contributed by atoms with van der Waals surface area (Å²) in [5.41, 5.74) is 1.16. The van der Waals surface area contributed by atoms with Crippen LogP contribution in [0.2, 0.25) is 0 Å². The molecule has 1 aromatic carbocycles. The Morgan fingerprint density at radius 2 is 2.00 bits per heavy atom. The summed E-state index contributed by atoms with van der Waals surface area (Å²) in [4.78, 5) is 1.27. The van der Waals surface area contributed by atoms with Crippen LogP contribution >= 0.6 is 23.4 Å². The molecule has 1 aromatic rings. The topological polar surface area (TPSA) is 9.23 Å². The van der Waals surface area contributed by atoms with Gasteiger partial charge in [-0.15, -0.1) is 23.4 Å². The molecule has 0 fully saturated rings. The van der Waals surface area contributed by atoms with Crippen LogP contribution in [0.15, 0.2) is 29.2 Å². The van der Waals surface area contributed by atoms with Crippen molar-refractivity contribution in [3.8, 4) is 0 Å². The van der Waals surface area contributed by atoms with Crippen LogP contribution in [-0.4, -0.2) is 19.0 Å². The maximum absolute atomic E-state index is 5.71. The third kappa shape index (κ3) is 3.91. The fourth-order valence-electron chi connectivity index (χ4n) is 1.16. The maximum atomic E-state index is 5.71. The Kier molecular flexibility index (Phi) is 5.38. The van der Waals surface area contributed by atoms with Crippen LogP contribution < -0.4 is 0 Å². The van der Waals surface area contributed by atoms with Crippen molar-refractivity contribution in [3.05, 3.63) is 29.8 Å². The minimum absolute atomic E-state index is 0.488. The standard InChI is InChI=1S/C11H15ClOS/c1-9(8-13-2)14-11-5-3-10(7-12)4-6-11/h3-6,9H,7-8H2,1-2H3. The number of methoxy groups -OCH3 is 1. The van der Waals surface area contributed by atoms with E-state index in [9.17, 15) is 0 Å². The second-order valence-corrected chi connectivity index (χ2v) is 4.94. The lowest BCUT2D eigenvalue weighted by Crippen LogP contribution is -2.04. The molecule has 0 saturated carbocycles. The minimum atomic E-state index is 0.488. The molecule has 1 rings (SSSR count). The van der Waals surface area contributed by atoms with E-state index >= 15 is 0 Å². The van der Waals surface area contributed by atoms with Gasteiger partial charge in [0.1, 0.15) is 0 Å². The molecule has 78 valence electrons. The smallest absolute Gasteiger partial charge is 0.0582 e. The molecule has 0 N–H and O–H groups in total. The van der Waals surface area contributed by atoms with E-state index in [4.69, 9.17) is 16.3 Å². The first-order valence-electron chi connectivity index (χ1n) is 4.56. The summed E-state index contributed by atoms with van der Waals surface area (Å²) in [7, 11) is 1.73. The predicted octanol–water partition coefficient (Wildman–Crippen LogP) is 3.55. The number of alkyl halides is 1. The molecule has 0 bridgehead atoms. The highest BCUT2D eigenvalue weighted by atomic mass is 35.5. The lowest BCUT2D eigenvalue weighted by molar-refractivity contribution is 0.203. The van der Waals surface area contributed by atoms with Crippen molar-refractivity contribution >= 4 is 23.4 Å². The van der Waals surface area contributed by atoms with E-state index in [1.807, 2.05) is 11.8 Å². The summed E-state index contributed by atoms with van der Waals surface area (Å²) in [6.45, 7) is 2.94. The van der Waals surface area contributed by atoms with Crippen LogP contribution in [0.3, 0.4) is 0 Å². The van der Waals surface area contributed by atoms with Gasteiger partial charge in [0.05, 0.1) is 6.61 Å². The Morgan fingerprint density at radius 3 is 2.50 bits per heavy atom. The van der Waals surface area contributed by atoms with E-state index in [-0.39, 0.29) is 0 Å². The number of ether oxygens (including phenoxy) is 1. The molecule has 0 aliphatic rings. The van der Waals surface area contributed by atoms with E-state index in [0.717, 1.165) is 12.2 Å². The zero-order valence-corrected chi connectivity index (χ0v) is 10.1. The molecule has 1 atom stereocenters. The molecule has 1 unspecified atom stereocenters. The van der Waals surface area contributed by atoms with Crippen LogP contribution in [0.25, 0.3) is 0 Å². The zero-order valence-electron chi connectivity index (χ0n) is 8.50. The van der Waals surface area contributed by atoms with Gasteiger partial charge < -0.3 is 4.74 Å². The molecule has 0 amide bonds. The molecule has 0 aliphatic heterocycles. The average Bonchev–Trinajstić information content (AvgIpc) is 2.19. The molecule has 0 aromatic heterocycles. The van der Waals surface area contributed by atoms with Crippen molar-refractivity contribution in [1.82, 2.24) is 0 Å². The highest BCUT2D eigenvalue weighted by molar-refractivity contribution is 8.00. The highest BCUT2D eigenvalue weighted by Gasteiger charge is 2.03. The third-order valence-electron chi connectivity index (χ3n) is 1.82. The molecular formula is C11H15ClOS. The average molecular weight is 231 g/mol. The number of benzene rings is 1. The van der Waals surface area contributed by atoms with Crippen LogP contribution in [0.1, 0.15) is 12.5 Å². The summed E-state index contributed by atoms with van der Waals surface area (Å²) in [6, 6.07) is 8.34. The summed E-state index contributed by atoms with van der Waals surface area (Å²) in [6.07, 6.45) is 0. The molecule has 0 spiro atoms. The van der Waals surface area contributed by atoms with Crippen molar-refractivity contribution < 1.29 is 4.74 Å². The first-order chi connectivity index (χ1) is 6.76. The third-order valence-corrected chi connectivity index (χ3v) is 3.21. The van der Waals surface area contributed by atoms with Gasteiger partial charge >= 0.3 is 0 Å². The first kappa shape index (κ1) is 11.9. The lowest BCUT2D eigenvalue weighted by Gasteiger charge is -2.09. The highest BCUT2D eigenvalue weighted by Crippen LogP contribution is 2.23. The summed E-state index contributed by atoms with van der Waals surface area (Å²) in [5.74, 6) is 0.582. The fourth-order valence-corrected chi connectivity index (χ4v) is 2.30. The SMILES string of the molecule is COCC(C)Sc1ccc(CCl)cc1. The van der Waals surface area contributed by atoms with Crippen LogP contribution in [0, 0.1) is 0 Å². The van der Waals surface area contributed by atoms with Gasteiger partial charge in [0.25, 0.3) is 0 Å². The van der Waals surface area contributed by atoms with Gasteiger partial charge in [-0.2, -0.15) is 0 Å². The van der Waals surface area contributed by atoms with Gasteiger partial charge in [0.2, 0.25) is 0 Å². The summed E-state index contributed by atoms with van der Waals surface area (Å²) in [5, 5.41) is 0.488. The Bertz CT molecular complexity index is 260. The van der Waals surface area contributed by atoms with Crippen molar-refractivity contribution in [3.63, 3.8) is 0 Å². The molecule has 14 heavy (non-hydrogen) atoms. The van der Waals surface area contributed by atoms with Crippen LogP contribution in [-0.2, 0) is 10.6 Å².